The second-order valence-electron chi connectivity index (χ2n) is 7.67. The SMILES string of the molecule is COc1cccc(-c2cc(C(C)C(C)C)c([Si](C)(C)C)cn2)c1. The van der Waals surface area contributed by atoms with Crippen LogP contribution in [0.4, 0.5) is 0 Å². The summed E-state index contributed by atoms with van der Waals surface area (Å²) in [7, 11) is 0.286. The molecule has 3 heteroatoms. The number of hydrogen-bond donors (Lipinski definition) is 0. The number of nitrogens with zero attached hydrogens (tertiary/aromatic N) is 1. The van der Waals surface area contributed by atoms with Gasteiger partial charge >= 0.3 is 0 Å². The predicted molar refractivity (Wildman–Crippen MR) is 102 cm³/mol. The van der Waals surface area contributed by atoms with Crippen molar-refractivity contribution in [2.45, 2.75) is 46.3 Å². The number of benzene rings is 1. The first-order valence-corrected chi connectivity index (χ1v) is 11.9. The van der Waals surface area contributed by atoms with Crippen LogP contribution < -0.4 is 9.92 Å². The summed E-state index contributed by atoms with van der Waals surface area (Å²) in [6, 6.07) is 10.4. The highest BCUT2D eigenvalue weighted by atomic mass is 28.3. The Morgan fingerprint density at radius 2 is 1.74 bits per heavy atom. The zero-order valence-corrected chi connectivity index (χ0v) is 16.5. The minimum Gasteiger partial charge on any atom is -0.497 e. The molecule has 124 valence electrons. The molecule has 0 saturated carbocycles. The Balaban J connectivity index is 2.57. The smallest absolute Gasteiger partial charge is 0.119 e. The number of ether oxygens (including phenoxy) is 1. The van der Waals surface area contributed by atoms with Crippen LogP contribution in [0.15, 0.2) is 36.5 Å². The molecule has 0 fully saturated rings. The molecule has 0 aliphatic carbocycles. The average Bonchev–Trinajstić information content (AvgIpc) is 2.52. The normalized spacial score (nSPS) is 13.2. The Bertz CT molecular complexity index is 674. The van der Waals surface area contributed by atoms with Crippen LogP contribution in [0.1, 0.15) is 32.3 Å². The van der Waals surface area contributed by atoms with E-state index in [0.29, 0.717) is 11.8 Å². The molecule has 23 heavy (non-hydrogen) atoms. The molecule has 1 heterocycles. The van der Waals surface area contributed by atoms with Crippen LogP contribution in [0.3, 0.4) is 0 Å². The fraction of sp³-hybridized carbons (Fsp3) is 0.450. The number of rotatable bonds is 5. The fourth-order valence-corrected chi connectivity index (χ4v) is 4.39. The van der Waals surface area contributed by atoms with Crippen molar-refractivity contribution in [3.63, 3.8) is 0 Å². The molecule has 0 bridgehead atoms. The quantitative estimate of drug-likeness (QED) is 0.716. The first kappa shape index (κ1) is 17.7. The number of methoxy groups -OCH3 is 1. The molecule has 0 aliphatic heterocycles. The Morgan fingerprint density at radius 1 is 1.04 bits per heavy atom. The molecule has 0 saturated heterocycles. The second kappa shape index (κ2) is 6.87. The third kappa shape index (κ3) is 4.02. The minimum atomic E-state index is -1.42. The van der Waals surface area contributed by atoms with Crippen LogP contribution in [-0.2, 0) is 0 Å². The topological polar surface area (TPSA) is 22.1 Å². The summed E-state index contributed by atoms with van der Waals surface area (Å²) in [5, 5.41) is 1.48. The molecule has 0 spiro atoms. The summed E-state index contributed by atoms with van der Waals surface area (Å²) in [6.45, 7) is 14.1. The van der Waals surface area contributed by atoms with Gasteiger partial charge in [0.1, 0.15) is 5.75 Å². The van der Waals surface area contributed by atoms with E-state index in [1.165, 1.54) is 10.8 Å². The van der Waals surface area contributed by atoms with Gasteiger partial charge in [0, 0.05) is 11.8 Å². The van der Waals surface area contributed by atoms with E-state index in [4.69, 9.17) is 9.72 Å². The van der Waals surface area contributed by atoms with E-state index >= 15 is 0 Å². The lowest BCUT2D eigenvalue weighted by atomic mass is 9.90. The number of aromatic nitrogens is 1. The summed E-state index contributed by atoms with van der Waals surface area (Å²) in [5.74, 6) is 2.02. The molecule has 0 aliphatic rings. The van der Waals surface area contributed by atoms with Crippen LogP contribution in [0.25, 0.3) is 11.3 Å². The van der Waals surface area contributed by atoms with Gasteiger partial charge in [-0.25, -0.2) is 0 Å². The van der Waals surface area contributed by atoms with Gasteiger partial charge in [-0.1, -0.05) is 52.5 Å². The highest BCUT2D eigenvalue weighted by Crippen LogP contribution is 2.28. The molecule has 1 unspecified atom stereocenters. The largest absolute Gasteiger partial charge is 0.497 e. The van der Waals surface area contributed by atoms with E-state index < -0.39 is 8.07 Å². The van der Waals surface area contributed by atoms with Gasteiger partial charge in [-0.3, -0.25) is 4.98 Å². The van der Waals surface area contributed by atoms with Crippen LogP contribution in [0, 0.1) is 5.92 Å². The zero-order chi connectivity index (χ0) is 17.2. The van der Waals surface area contributed by atoms with E-state index in [1.807, 2.05) is 12.1 Å². The number of pyridine rings is 1. The van der Waals surface area contributed by atoms with Crippen molar-refractivity contribution in [2.24, 2.45) is 5.92 Å². The summed E-state index contributed by atoms with van der Waals surface area (Å²) in [6.07, 6.45) is 2.12. The van der Waals surface area contributed by atoms with Crippen LogP contribution in [0.2, 0.25) is 19.6 Å². The molecule has 1 atom stereocenters. The lowest BCUT2D eigenvalue weighted by molar-refractivity contribution is 0.415. The van der Waals surface area contributed by atoms with Gasteiger partial charge in [-0.05, 0) is 40.8 Å². The summed E-state index contributed by atoms with van der Waals surface area (Å²) >= 11 is 0. The highest BCUT2D eigenvalue weighted by molar-refractivity contribution is 6.89. The molecular formula is C20H29NOSi. The third-order valence-electron chi connectivity index (χ3n) is 4.60. The van der Waals surface area contributed by atoms with Crippen molar-refractivity contribution < 1.29 is 4.74 Å². The molecule has 1 aromatic carbocycles. The standard InChI is InChI=1S/C20H29NOSi/c1-14(2)15(3)18-12-19(21-13-20(18)23(5,6)7)16-9-8-10-17(11-16)22-4/h8-15H,1-7H3. The first-order valence-electron chi connectivity index (χ1n) is 8.39. The van der Waals surface area contributed by atoms with E-state index in [0.717, 1.165) is 17.0 Å². The fourth-order valence-electron chi connectivity index (χ4n) is 2.77. The van der Waals surface area contributed by atoms with Crippen molar-refractivity contribution in [1.29, 1.82) is 0 Å². The average molecular weight is 328 g/mol. The van der Waals surface area contributed by atoms with Gasteiger partial charge in [0.15, 0.2) is 0 Å². The van der Waals surface area contributed by atoms with E-state index in [1.54, 1.807) is 7.11 Å². The van der Waals surface area contributed by atoms with Gasteiger partial charge < -0.3 is 4.74 Å². The molecule has 0 amide bonds. The van der Waals surface area contributed by atoms with Crippen LogP contribution in [-0.4, -0.2) is 20.2 Å². The lowest BCUT2D eigenvalue weighted by Crippen LogP contribution is -2.41. The third-order valence-corrected chi connectivity index (χ3v) is 6.63. The number of hydrogen-bond acceptors (Lipinski definition) is 2. The predicted octanol–water partition coefficient (Wildman–Crippen LogP) is 5.06. The maximum atomic E-state index is 5.35. The van der Waals surface area contributed by atoms with Gasteiger partial charge in [-0.15, -0.1) is 0 Å². The van der Waals surface area contributed by atoms with Gasteiger partial charge in [0.2, 0.25) is 0 Å². The monoisotopic (exact) mass is 327 g/mol. The minimum absolute atomic E-state index is 0.532. The maximum Gasteiger partial charge on any atom is 0.119 e. The van der Waals surface area contributed by atoms with Crippen LogP contribution >= 0.6 is 0 Å². The Morgan fingerprint density at radius 3 is 2.30 bits per heavy atom. The molecule has 2 nitrogen and oxygen atoms in total. The molecule has 2 rings (SSSR count). The van der Waals surface area contributed by atoms with Crippen molar-refractivity contribution in [1.82, 2.24) is 4.98 Å². The van der Waals surface area contributed by atoms with Crippen LogP contribution in [0.5, 0.6) is 5.75 Å². The second-order valence-corrected chi connectivity index (χ2v) is 12.7. The highest BCUT2D eigenvalue weighted by Gasteiger charge is 2.25. The van der Waals surface area contributed by atoms with Gasteiger partial charge in [-0.2, -0.15) is 0 Å². The lowest BCUT2D eigenvalue weighted by Gasteiger charge is -2.26. The first-order chi connectivity index (χ1) is 10.7. The molecule has 0 radical (unpaired) electrons. The van der Waals surface area contributed by atoms with Crippen molar-refractivity contribution in [2.75, 3.05) is 7.11 Å². The Kier molecular flexibility index (Phi) is 5.30. The van der Waals surface area contributed by atoms with Crippen molar-refractivity contribution in [3.8, 4) is 17.0 Å². The van der Waals surface area contributed by atoms with E-state index in [9.17, 15) is 0 Å². The molecule has 1 aromatic heterocycles. The Labute approximate surface area is 141 Å². The van der Waals surface area contributed by atoms with E-state index in [-0.39, 0.29) is 0 Å². The van der Waals surface area contributed by atoms with Crippen molar-refractivity contribution >= 4 is 13.3 Å². The van der Waals surface area contributed by atoms with Crippen molar-refractivity contribution in [3.05, 3.63) is 42.1 Å². The van der Waals surface area contributed by atoms with E-state index in [2.05, 4.69) is 64.8 Å². The molecule has 2 aromatic rings. The van der Waals surface area contributed by atoms with Gasteiger partial charge in [0.25, 0.3) is 0 Å². The Hall–Kier alpha value is -1.61. The zero-order valence-electron chi connectivity index (χ0n) is 15.5. The molecular weight excluding hydrogens is 298 g/mol. The summed E-state index contributed by atoms with van der Waals surface area (Å²) in [4.78, 5) is 4.77. The molecule has 0 N–H and O–H groups in total. The van der Waals surface area contributed by atoms with Gasteiger partial charge in [0.05, 0.1) is 20.9 Å². The summed E-state index contributed by atoms with van der Waals surface area (Å²) in [5.41, 5.74) is 3.61. The summed E-state index contributed by atoms with van der Waals surface area (Å²) < 4.78 is 5.35. The maximum absolute atomic E-state index is 5.35.